The fourth-order valence-electron chi connectivity index (χ4n) is 10.1. The summed E-state index contributed by atoms with van der Waals surface area (Å²) in [6, 6.07) is 10.4. The summed E-state index contributed by atoms with van der Waals surface area (Å²) in [5, 5.41) is 0. The van der Waals surface area contributed by atoms with Crippen LogP contribution in [0.15, 0.2) is 54.1 Å². The predicted octanol–water partition coefficient (Wildman–Crippen LogP) is 6.41. The minimum Gasteiger partial charge on any atom is -1.00 e. The molecule has 3 heteroatoms. The van der Waals surface area contributed by atoms with Gasteiger partial charge < -0.3 is 24.8 Å². The quantitative estimate of drug-likeness (QED) is 0.290. The van der Waals surface area contributed by atoms with E-state index in [9.17, 15) is 0 Å². The van der Waals surface area contributed by atoms with E-state index in [0.717, 1.165) is 6.42 Å². The van der Waals surface area contributed by atoms with Crippen molar-refractivity contribution in [2.75, 3.05) is 0 Å². The van der Waals surface area contributed by atoms with Crippen LogP contribution < -0.4 is 24.8 Å². The number of rotatable bonds is 4. The predicted molar refractivity (Wildman–Crippen MR) is 194 cm³/mol. The number of hydrogen-bond acceptors (Lipinski definition) is 0. The van der Waals surface area contributed by atoms with Gasteiger partial charge in [-0.2, -0.15) is 0 Å². The van der Waals surface area contributed by atoms with Crippen molar-refractivity contribution in [2.24, 2.45) is 11.3 Å². The Morgan fingerprint density at radius 2 is 1.38 bits per heavy atom. The second-order valence-electron chi connectivity index (χ2n) is 17.1. The molecule has 0 aromatic heterocycles. The largest absolute Gasteiger partial charge is 1.00 e. The molecule has 5 aliphatic carbocycles. The Kier molecular flexibility index (Phi) is 10.1. The molecule has 0 aliphatic heterocycles. The molecular weight excluding hydrogens is 691 g/mol. The minimum atomic E-state index is -2.40. The van der Waals surface area contributed by atoms with Crippen LogP contribution in [0.25, 0.3) is 22.3 Å². The fraction of sp³-hybridized carbons (Fsp3) is 0.523. The van der Waals surface area contributed by atoms with Gasteiger partial charge in [0.15, 0.2) is 0 Å². The molecule has 0 amide bonds. The SMILES string of the molecule is CCC1=[C]([Zr+2]([C]2=C(C)c3cc4c(cc3C2(C)C)Cc2cc3c(cc2-4)C(C)=CC3(C)C)=[C]2CCCCC2)C(CC)C=C1C(C)(C)C.[Cl-].[Cl-]. The maximum Gasteiger partial charge on any atom is -1.00 e. The summed E-state index contributed by atoms with van der Waals surface area (Å²) in [4.78, 5) is 0. The second-order valence-corrected chi connectivity index (χ2v) is 23.2. The van der Waals surface area contributed by atoms with Gasteiger partial charge in [-0.1, -0.05) is 0 Å². The van der Waals surface area contributed by atoms with Crippen molar-refractivity contribution in [3.05, 3.63) is 87.5 Å². The Bertz CT molecular complexity index is 1800. The van der Waals surface area contributed by atoms with Gasteiger partial charge >= 0.3 is 284 Å². The average Bonchev–Trinajstić information content (AvgIpc) is 3.66. The number of halogens is 2. The first kappa shape index (κ1) is 37.0. The number of allylic oxidation sites excluding steroid dienone is 8. The summed E-state index contributed by atoms with van der Waals surface area (Å²) in [5.74, 6) is 0.636. The van der Waals surface area contributed by atoms with E-state index in [1.165, 1.54) is 78.3 Å². The summed E-state index contributed by atoms with van der Waals surface area (Å²) in [6.07, 6.45) is 15.7. The molecule has 0 radical (unpaired) electrons. The summed E-state index contributed by atoms with van der Waals surface area (Å²) in [6.45, 7) is 27.1. The zero-order chi connectivity index (χ0) is 32.2. The summed E-state index contributed by atoms with van der Waals surface area (Å²) < 4.78 is 5.91. The van der Waals surface area contributed by atoms with Gasteiger partial charge in [0.25, 0.3) is 0 Å². The normalized spacial score (nSPS) is 21.7. The third kappa shape index (κ3) is 5.70. The molecule has 1 saturated carbocycles. The van der Waals surface area contributed by atoms with Gasteiger partial charge in [0, 0.05) is 0 Å². The van der Waals surface area contributed by atoms with Crippen molar-refractivity contribution in [1.29, 1.82) is 0 Å². The van der Waals surface area contributed by atoms with E-state index in [-0.39, 0.29) is 41.1 Å². The Labute approximate surface area is 306 Å². The Morgan fingerprint density at radius 3 is 1.96 bits per heavy atom. The summed E-state index contributed by atoms with van der Waals surface area (Å²) in [5.41, 5.74) is 19.2. The van der Waals surface area contributed by atoms with Gasteiger partial charge in [0.1, 0.15) is 0 Å². The molecule has 5 aliphatic rings. The van der Waals surface area contributed by atoms with Crippen LogP contribution in [-0.2, 0) is 38.5 Å². The number of benzene rings is 2. The number of fused-ring (bicyclic) bond motifs is 5. The van der Waals surface area contributed by atoms with Crippen LogP contribution in [0.2, 0.25) is 0 Å². The van der Waals surface area contributed by atoms with Gasteiger partial charge in [-0.3, -0.25) is 0 Å². The van der Waals surface area contributed by atoms with Crippen LogP contribution in [0.1, 0.15) is 154 Å². The zero-order valence-electron chi connectivity index (χ0n) is 31.0. The smallest absolute Gasteiger partial charge is 1.00 e. The molecule has 1 fully saturated rings. The molecule has 0 heterocycles. The van der Waals surface area contributed by atoms with E-state index in [2.05, 4.69) is 113 Å². The fourth-order valence-corrected chi connectivity index (χ4v) is 20.9. The summed E-state index contributed by atoms with van der Waals surface area (Å²) in [7, 11) is 0. The molecule has 0 nitrogen and oxygen atoms in total. The topological polar surface area (TPSA) is 0 Å². The number of hydrogen-bond donors (Lipinski definition) is 0. The van der Waals surface area contributed by atoms with Crippen LogP contribution in [-0.4, -0.2) is 3.21 Å². The molecular formula is C44H56Cl2Zr. The van der Waals surface area contributed by atoms with Crippen molar-refractivity contribution >= 4 is 14.4 Å². The first-order valence-corrected chi connectivity index (χ1v) is 21.8. The van der Waals surface area contributed by atoms with Gasteiger partial charge in [0.05, 0.1) is 0 Å². The maximum absolute atomic E-state index is 2.74. The molecule has 2 aromatic carbocycles. The first-order chi connectivity index (χ1) is 21.2. The van der Waals surface area contributed by atoms with Crippen LogP contribution in [0.3, 0.4) is 0 Å². The van der Waals surface area contributed by atoms with E-state index >= 15 is 0 Å². The monoisotopic (exact) mass is 744 g/mol. The maximum atomic E-state index is 2.74. The van der Waals surface area contributed by atoms with Crippen molar-refractivity contribution in [1.82, 2.24) is 0 Å². The van der Waals surface area contributed by atoms with Gasteiger partial charge in [-0.05, 0) is 0 Å². The molecule has 1 atom stereocenters. The molecule has 0 spiro atoms. The third-order valence-corrected chi connectivity index (χ3v) is 21.9. The first-order valence-electron chi connectivity index (χ1n) is 18.1. The molecule has 7 rings (SSSR count). The second kappa shape index (κ2) is 12.8. The van der Waals surface area contributed by atoms with Crippen LogP contribution in [0, 0.1) is 11.3 Å². The van der Waals surface area contributed by atoms with E-state index < -0.39 is 21.3 Å². The molecule has 2 aromatic rings. The Hall–Kier alpha value is -1.27. The third-order valence-electron chi connectivity index (χ3n) is 12.3. The van der Waals surface area contributed by atoms with Crippen molar-refractivity contribution in [3.63, 3.8) is 0 Å². The van der Waals surface area contributed by atoms with E-state index in [1.54, 1.807) is 33.4 Å². The molecule has 1 unspecified atom stereocenters. The van der Waals surface area contributed by atoms with Gasteiger partial charge in [-0.15, -0.1) is 0 Å². The van der Waals surface area contributed by atoms with Crippen LogP contribution >= 0.6 is 0 Å². The molecule has 0 bridgehead atoms. The Balaban J connectivity index is 0.00000217. The molecule has 47 heavy (non-hydrogen) atoms. The van der Waals surface area contributed by atoms with Crippen LogP contribution in [0.5, 0.6) is 0 Å². The average molecular weight is 747 g/mol. The standard InChI is InChI=1S/C25H25.C13H21.C6H10.2ClH.Zr/c1-14-12-24(3,4)22-8-16-7-17-9-23-19(15(2)13-25(23,5)6)11-21(17)20(16)10-18(14)22;1-6-10-8-11(7-2)12(9-10)13(3,4)5;1-2-4-6-5-3-1;;;/h8-12H,7H2,1-6H3;9-10H,6-7H2,1-5H3;1-5H2;2*1H;/q;;;;;+2/p-2. The molecule has 250 valence electrons. The summed E-state index contributed by atoms with van der Waals surface area (Å²) >= 11 is -2.40. The molecule has 0 N–H and O–H groups in total. The van der Waals surface area contributed by atoms with Crippen molar-refractivity contribution in [2.45, 2.75) is 138 Å². The van der Waals surface area contributed by atoms with Crippen molar-refractivity contribution < 1.29 is 46.1 Å². The Morgan fingerprint density at radius 1 is 0.787 bits per heavy atom. The molecule has 0 saturated heterocycles. The van der Waals surface area contributed by atoms with Crippen molar-refractivity contribution in [3.8, 4) is 11.1 Å². The van der Waals surface area contributed by atoms with Crippen LogP contribution in [0.4, 0.5) is 0 Å². The van der Waals surface area contributed by atoms with E-state index in [4.69, 9.17) is 0 Å². The zero-order valence-corrected chi connectivity index (χ0v) is 34.9. The minimum absolute atomic E-state index is 0. The van der Waals surface area contributed by atoms with Gasteiger partial charge in [0.2, 0.25) is 0 Å². The van der Waals surface area contributed by atoms with E-state index in [0.29, 0.717) is 5.92 Å². The van der Waals surface area contributed by atoms with E-state index in [1.807, 2.05) is 9.77 Å². The van der Waals surface area contributed by atoms with Gasteiger partial charge in [-0.25, -0.2) is 0 Å².